The van der Waals surface area contributed by atoms with Gasteiger partial charge in [-0.05, 0) is 18.6 Å². The summed E-state index contributed by atoms with van der Waals surface area (Å²) in [5.41, 5.74) is 0.263. The van der Waals surface area contributed by atoms with Crippen LogP contribution in [0.25, 0.3) is 0 Å². The van der Waals surface area contributed by atoms with Gasteiger partial charge in [0.15, 0.2) is 5.75 Å². The fourth-order valence-corrected chi connectivity index (χ4v) is 2.32. The van der Waals surface area contributed by atoms with Crippen LogP contribution in [0, 0.1) is 0 Å². The van der Waals surface area contributed by atoms with E-state index in [1.54, 1.807) is 12.1 Å². The third kappa shape index (κ3) is 2.71. The van der Waals surface area contributed by atoms with E-state index < -0.39 is 0 Å². The minimum Gasteiger partial charge on any atom is -0.494 e. The van der Waals surface area contributed by atoms with Crippen molar-refractivity contribution in [2.45, 2.75) is 12.5 Å². The molecule has 1 N–H and O–H groups in total. The van der Waals surface area contributed by atoms with Gasteiger partial charge in [-0.15, -0.1) is 0 Å². The zero-order valence-corrected chi connectivity index (χ0v) is 11.3. The molecule has 0 spiro atoms. The van der Waals surface area contributed by atoms with Crippen LogP contribution in [0.4, 0.5) is 0 Å². The standard InChI is InChI=1S/C12H13Cl2NO3/c1-17-11-9(14)3-2-8(13)10(11)12(16)15-7-4-5-18-6-7/h2-3,7H,4-6H2,1H3,(H,15,16). The molecule has 1 aromatic rings. The Balaban J connectivity index is 2.25. The first kappa shape index (κ1) is 13.5. The minimum absolute atomic E-state index is 0.0113. The van der Waals surface area contributed by atoms with Crippen LogP contribution in [0.5, 0.6) is 5.75 Å². The van der Waals surface area contributed by atoms with Gasteiger partial charge in [-0.2, -0.15) is 0 Å². The summed E-state index contributed by atoms with van der Waals surface area (Å²) in [6.45, 7) is 1.18. The van der Waals surface area contributed by atoms with E-state index in [1.807, 2.05) is 0 Å². The Morgan fingerprint density at radius 1 is 1.44 bits per heavy atom. The van der Waals surface area contributed by atoms with Crippen molar-refractivity contribution < 1.29 is 14.3 Å². The van der Waals surface area contributed by atoms with E-state index in [2.05, 4.69) is 5.32 Å². The molecule has 4 nitrogen and oxygen atoms in total. The van der Waals surface area contributed by atoms with Crippen molar-refractivity contribution >= 4 is 29.1 Å². The van der Waals surface area contributed by atoms with Gasteiger partial charge in [0.2, 0.25) is 0 Å². The summed E-state index contributed by atoms with van der Waals surface area (Å²) in [6.07, 6.45) is 0.798. The highest BCUT2D eigenvalue weighted by Gasteiger charge is 2.23. The zero-order chi connectivity index (χ0) is 13.1. The van der Waals surface area contributed by atoms with E-state index in [9.17, 15) is 4.79 Å². The maximum atomic E-state index is 12.2. The molecule has 0 radical (unpaired) electrons. The molecule has 0 aromatic heterocycles. The molecule has 1 aliphatic rings. The normalized spacial score (nSPS) is 18.7. The molecule has 1 heterocycles. The van der Waals surface area contributed by atoms with Gasteiger partial charge in [-0.25, -0.2) is 0 Å². The molecule has 1 fully saturated rings. The quantitative estimate of drug-likeness (QED) is 0.930. The lowest BCUT2D eigenvalue weighted by atomic mass is 10.1. The zero-order valence-electron chi connectivity index (χ0n) is 9.83. The number of methoxy groups -OCH3 is 1. The molecule has 1 unspecified atom stereocenters. The number of amides is 1. The van der Waals surface area contributed by atoms with Crippen LogP contribution in [0.15, 0.2) is 12.1 Å². The number of hydrogen-bond acceptors (Lipinski definition) is 3. The second kappa shape index (κ2) is 5.78. The number of nitrogens with one attached hydrogen (secondary N) is 1. The predicted molar refractivity (Wildman–Crippen MR) is 69.7 cm³/mol. The number of benzene rings is 1. The fraction of sp³-hybridized carbons (Fsp3) is 0.417. The molecular weight excluding hydrogens is 277 g/mol. The second-order valence-corrected chi connectivity index (χ2v) is 4.79. The van der Waals surface area contributed by atoms with Crippen LogP contribution in [-0.4, -0.2) is 32.3 Å². The van der Waals surface area contributed by atoms with Crippen LogP contribution in [-0.2, 0) is 4.74 Å². The Kier molecular flexibility index (Phi) is 4.32. The summed E-state index contributed by atoms with van der Waals surface area (Å²) < 4.78 is 10.3. The molecule has 18 heavy (non-hydrogen) atoms. The molecule has 6 heteroatoms. The SMILES string of the molecule is COc1c(Cl)ccc(Cl)c1C(=O)NC1CCOC1. The largest absolute Gasteiger partial charge is 0.494 e. The Hall–Kier alpha value is -0.970. The van der Waals surface area contributed by atoms with E-state index in [0.717, 1.165) is 6.42 Å². The van der Waals surface area contributed by atoms with Gasteiger partial charge in [0.25, 0.3) is 5.91 Å². The van der Waals surface area contributed by atoms with Crippen molar-refractivity contribution in [3.63, 3.8) is 0 Å². The van der Waals surface area contributed by atoms with E-state index in [0.29, 0.717) is 29.0 Å². The highest BCUT2D eigenvalue weighted by atomic mass is 35.5. The topological polar surface area (TPSA) is 47.6 Å². The number of hydrogen-bond donors (Lipinski definition) is 1. The van der Waals surface area contributed by atoms with E-state index in [1.165, 1.54) is 7.11 Å². The molecule has 1 aliphatic heterocycles. The second-order valence-electron chi connectivity index (χ2n) is 3.97. The maximum absolute atomic E-state index is 12.2. The number of halogens is 2. The van der Waals surface area contributed by atoms with Gasteiger partial charge in [-0.1, -0.05) is 23.2 Å². The van der Waals surface area contributed by atoms with Crippen LogP contribution in [0.2, 0.25) is 10.0 Å². The Bertz CT molecular complexity index is 459. The third-order valence-electron chi connectivity index (χ3n) is 2.75. The summed E-state index contributed by atoms with van der Waals surface area (Å²) >= 11 is 12.0. The molecule has 1 aromatic carbocycles. The first-order chi connectivity index (χ1) is 8.63. The Morgan fingerprint density at radius 2 is 2.17 bits per heavy atom. The first-order valence-corrected chi connectivity index (χ1v) is 6.29. The third-order valence-corrected chi connectivity index (χ3v) is 3.37. The van der Waals surface area contributed by atoms with Gasteiger partial charge in [0.1, 0.15) is 5.56 Å². The smallest absolute Gasteiger partial charge is 0.256 e. The molecule has 1 saturated heterocycles. The van der Waals surface area contributed by atoms with Crippen LogP contribution >= 0.6 is 23.2 Å². The van der Waals surface area contributed by atoms with Crippen molar-refractivity contribution in [3.8, 4) is 5.75 Å². The molecule has 98 valence electrons. The van der Waals surface area contributed by atoms with Gasteiger partial charge >= 0.3 is 0 Å². The molecule has 1 amide bonds. The lowest BCUT2D eigenvalue weighted by molar-refractivity contribution is 0.0927. The monoisotopic (exact) mass is 289 g/mol. The average Bonchev–Trinajstić information content (AvgIpc) is 2.84. The Morgan fingerprint density at radius 3 is 2.78 bits per heavy atom. The predicted octanol–water partition coefficient (Wildman–Crippen LogP) is 2.52. The van der Waals surface area contributed by atoms with E-state index >= 15 is 0 Å². The van der Waals surface area contributed by atoms with E-state index in [4.69, 9.17) is 32.7 Å². The van der Waals surface area contributed by atoms with Gasteiger partial charge in [-0.3, -0.25) is 4.79 Å². The molecule has 0 saturated carbocycles. The van der Waals surface area contributed by atoms with Crippen molar-refractivity contribution in [3.05, 3.63) is 27.7 Å². The number of carbonyl (C=O) groups is 1. The van der Waals surface area contributed by atoms with Crippen LogP contribution in [0.1, 0.15) is 16.8 Å². The summed E-state index contributed by atoms with van der Waals surface area (Å²) in [6, 6.07) is 3.18. The highest BCUT2D eigenvalue weighted by molar-refractivity contribution is 6.37. The van der Waals surface area contributed by atoms with Crippen molar-refractivity contribution in [1.29, 1.82) is 0 Å². The van der Waals surface area contributed by atoms with E-state index in [-0.39, 0.29) is 17.5 Å². The van der Waals surface area contributed by atoms with Crippen LogP contribution in [0.3, 0.4) is 0 Å². The minimum atomic E-state index is -0.296. The molecule has 2 rings (SSSR count). The molecule has 0 aliphatic carbocycles. The molecular formula is C12H13Cl2NO3. The fourth-order valence-electron chi connectivity index (χ4n) is 1.85. The highest BCUT2D eigenvalue weighted by Crippen LogP contribution is 2.33. The molecule has 0 bridgehead atoms. The van der Waals surface area contributed by atoms with Crippen molar-refractivity contribution in [1.82, 2.24) is 5.32 Å². The van der Waals surface area contributed by atoms with Crippen molar-refractivity contribution in [2.75, 3.05) is 20.3 Å². The number of ether oxygens (including phenoxy) is 2. The lowest BCUT2D eigenvalue weighted by Crippen LogP contribution is -2.35. The van der Waals surface area contributed by atoms with Gasteiger partial charge < -0.3 is 14.8 Å². The van der Waals surface area contributed by atoms with Crippen LogP contribution < -0.4 is 10.1 Å². The average molecular weight is 290 g/mol. The molecule has 1 atom stereocenters. The summed E-state index contributed by atoms with van der Waals surface area (Å²) in [5.74, 6) is -0.00423. The van der Waals surface area contributed by atoms with Gasteiger partial charge in [0.05, 0.1) is 29.8 Å². The van der Waals surface area contributed by atoms with Crippen molar-refractivity contribution in [2.24, 2.45) is 0 Å². The maximum Gasteiger partial charge on any atom is 0.256 e. The summed E-state index contributed by atoms with van der Waals surface area (Å²) in [4.78, 5) is 12.2. The first-order valence-electron chi connectivity index (χ1n) is 5.54. The van der Waals surface area contributed by atoms with Gasteiger partial charge in [0, 0.05) is 6.61 Å². The Labute approximate surface area is 115 Å². The number of rotatable bonds is 3. The lowest BCUT2D eigenvalue weighted by Gasteiger charge is -2.15. The summed E-state index contributed by atoms with van der Waals surface area (Å²) in [5, 5.41) is 3.52. The summed E-state index contributed by atoms with van der Waals surface area (Å²) in [7, 11) is 1.45. The number of carbonyl (C=O) groups excluding carboxylic acids is 1.